The number of ether oxygens (including phenoxy) is 2. The maximum Gasteiger partial charge on any atom is 0.238 e. The lowest BCUT2D eigenvalue weighted by atomic mass is 9.85. The van der Waals surface area contributed by atoms with E-state index in [2.05, 4.69) is 0 Å². The van der Waals surface area contributed by atoms with Crippen LogP contribution in [0.2, 0.25) is 0 Å². The Hall–Kier alpha value is -0.720. The molecule has 0 atom stereocenters. The first-order chi connectivity index (χ1) is 10.8. The van der Waals surface area contributed by atoms with Gasteiger partial charge in [0, 0.05) is 0 Å². The summed E-state index contributed by atoms with van der Waals surface area (Å²) in [4.78, 5) is -0.545. The van der Waals surface area contributed by atoms with Crippen LogP contribution in [0.5, 0.6) is 0 Å². The Kier molecular flexibility index (Phi) is 7.20. The third-order valence-electron chi connectivity index (χ3n) is 3.48. The molecule has 6 heteroatoms. The van der Waals surface area contributed by atoms with Crippen molar-refractivity contribution in [2.45, 2.75) is 84.2 Å². The van der Waals surface area contributed by atoms with Crippen LogP contribution in [0.1, 0.15) is 65.2 Å². The van der Waals surface area contributed by atoms with Crippen molar-refractivity contribution in [1.29, 1.82) is 0 Å². The van der Waals surface area contributed by atoms with E-state index in [4.69, 9.17) is 9.47 Å². The molecule has 0 unspecified atom stereocenters. The average molecular weight is 366 g/mol. The second kappa shape index (κ2) is 8.11. The molecule has 0 spiro atoms. The van der Waals surface area contributed by atoms with Gasteiger partial charge in [-0.2, -0.15) is 0 Å². The highest BCUT2D eigenvalue weighted by atomic mass is 32.3. The van der Waals surface area contributed by atoms with Gasteiger partial charge in [-0.1, -0.05) is 32.9 Å². The summed E-state index contributed by atoms with van der Waals surface area (Å²) < 4.78 is 52.2. The molecule has 140 valence electrons. The topological polar surface area (TPSA) is 18.5 Å². The quantitative estimate of drug-likeness (QED) is 0.538. The molecule has 0 radical (unpaired) electrons. The van der Waals surface area contributed by atoms with E-state index in [0.717, 1.165) is 5.56 Å². The molecule has 2 nitrogen and oxygen atoms in total. The van der Waals surface area contributed by atoms with Gasteiger partial charge in [0.2, 0.25) is 11.2 Å². The molecular formula is C18H29F3O2S. The highest BCUT2D eigenvalue weighted by Gasteiger charge is 2.33. The van der Waals surface area contributed by atoms with Gasteiger partial charge in [0.25, 0.3) is 0 Å². The number of halogens is 3. The SMILES string of the molecule is CC(C)OCc1cc(C(C)(C)C)cc(COC(C)C)c1S(F)(F)F. The Morgan fingerprint density at radius 1 is 0.875 bits per heavy atom. The standard InChI is InChI=1S/C18H29F3O2S/c1-12(2)22-10-14-8-16(18(5,6)7)9-15(11-23-13(3)4)17(14)24(19,20)21/h8-9,12-13H,10-11H2,1-7H3. The predicted octanol–water partition coefficient (Wildman–Crippen LogP) is 6.65. The lowest BCUT2D eigenvalue weighted by molar-refractivity contribution is 0.0595. The Labute approximate surface area is 145 Å². The summed E-state index contributed by atoms with van der Waals surface area (Å²) in [5, 5.41) is 0. The number of hydrogen-bond acceptors (Lipinski definition) is 2. The van der Waals surface area contributed by atoms with Gasteiger partial charge in [-0.25, -0.2) is 0 Å². The minimum Gasteiger partial charge on any atom is -0.374 e. The molecular weight excluding hydrogens is 337 g/mol. The lowest BCUT2D eigenvalue weighted by Crippen LogP contribution is -2.15. The van der Waals surface area contributed by atoms with Gasteiger partial charge >= 0.3 is 0 Å². The van der Waals surface area contributed by atoms with E-state index in [1.165, 1.54) is 0 Å². The minimum atomic E-state index is -5.38. The van der Waals surface area contributed by atoms with E-state index in [1.54, 1.807) is 12.1 Å². The maximum atomic E-state index is 13.8. The van der Waals surface area contributed by atoms with Crippen LogP contribution < -0.4 is 0 Å². The minimum absolute atomic E-state index is 0.0435. The molecule has 0 fully saturated rings. The van der Waals surface area contributed by atoms with Crippen molar-refractivity contribution in [3.05, 3.63) is 28.8 Å². The van der Waals surface area contributed by atoms with Crippen molar-refractivity contribution in [2.75, 3.05) is 0 Å². The summed E-state index contributed by atoms with van der Waals surface area (Å²) in [7, 11) is 0. The highest BCUT2D eigenvalue weighted by Crippen LogP contribution is 2.63. The van der Waals surface area contributed by atoms with E-state index in [1.807, 2.05) is 48.5 Å². The fourth-order valence-electron chi connectivity index (χ4n) is 2.21. The Balaban J connectivity index is 3.46. The van der Waals surface area contributed by atoms with Gasteiger partial charge in [0.05, 0.1) is 30.3 Å². The summed E-state index contributed by atoms with van der Waals surface area (Å²) in [5.74, 6) is 0. The molecule has 0 bridgehead atoms. The first-order valence-electron chi connectivity index (χ1n) is 8.14. The molecule has 0 saturated heterocycles. The predicted molar refractivity (Wildman–Crippen MR) is 94.2 cm³/mol. The molecule has 0 saturated carbocycles. The molecule has 0 aliphatic rings. The van der Waals surface area contributed by atoms with E-state index < -0.39 is 16.1 Å². The van der Waals surface area contributed by atoms with Crippen LogP contribution in [0.25, 0.3) is 0 Å². The summed E-state index contributed by atoms with van der Waals surface area (Å²) in [6.45, 7) is 13.1. The fraction of sp³-hybridized carbons (Fsp3) is 0.667. The van der Waals surface area contributed by atoms with Crippen LogP contribution >= 0.6 is 11.2 Å². The second-order valence-corrected chi connectivity index (χ2v) is 8.72. The third-order valence-corrected chi connectivity index (χ3v) is 4.47. The maximum absolute atomic E-state index is 13.8. The Morgan fingerprint density at radius 2 is 1.25 bits per heavy atom. The van der Waals surface area contributed by atoms with Gasteiger partial charge in [-0.05, 0) is 49.8 Å². The van der Waals surface area contributed by atoms with Gasteiger partial charge in [-0.15, -0.1) is 11.7 Å². The van der Waals surface area contributed by atoms with Crippen LogP contribution in [0, 0.1) is 0 Å². The summed E-state index contributed by atoms with van der Waals surface area (Å²) in [6, 6.07) is 3.27. The Bertz CT molecular complexity index is 513. The molecule has 0 aliphatic heterocycles. The molecule has 1 aromatic carbocycles. The van der Waals surface area contributed by atoms with Crippen molar-refractivity contribution >= 4 is 11.2 Å². The van der Waals surface area contributed by atoms with Crippen LogP contribution in [0.3, 0.4) is 0 Å². The summed E-state index contributed by atoms with van der Waals surface area (Å²) >= 11 is -5.38. The van der Waals surface area contributed by atoms with Gasteiger partial charge in [0.1, 0.15) is 0 Å². The van der Waals surface area contributed by atoms with Crippen LogP contribution in [0.4, 0.5) is 11.7 Å². The smallest absolute Gasteiger partial charge is 0.238 e. The van der Waals surface area contributed by atoms with Crippen LogP contribution in [-0.4, -0.2) is 12.2 Å². The largest absolute Gasteiger partial charge is 0.374 e. The number of hydrogen-bond donors (Lipinski definition) is 0. The van der Waals surface area contributed by atoms with Gasteiger partial charge in [0.15, 0.2) is 0 Å². The van der Waals surface area contributed by atoms with Gasteiger partial charge < -0.3 is 9.47 Å². The molecule has 1 aromatic rings. The molecule has 0 aliphatic carbocycles. The fourth-order valence-corrected chi connectivity index (χ4v) is 3.04. The van der Waals surface area contributed by atoms with E-state index >= 15 is 0 Å². The molecule has 0 aromatic heterocycles. The number of benzene rings is 1. The average Bonchev–Trinajstić information content (AvgIpc) is 2.39. The zero-order valence-electron chi connectivity index (χ0n) is 15.6. The molecule has 1 rings (SSSR count). The van der Waals surface area contributed by atoms with Crippen LogP contribution in [0.15, 0.2) is 17.0 Å². The van der Waals surface area contributed by atoms with Crippen molar-refractivity contribution < 1.29 is 21.1 Å². The van der Waals surface area contributed by atoms with Crippen molar-refractivity contribution in [3.63, 3.8) is 0 Å². The van der Waals surface area contributed by atoms with E-state index in [9.17, 15) is 11.7 Å². The highest BCUT2D eigenvalue weighted by molar-refractivity contribution is 8.21. The normalized spacial score (nSPS) is 13.8. The molecule has 24 heavy (non-hydrogen) atoms. The van der Waals surface area contributed by atoms with Gasteiger partial charge in [-0.3, -0.25) is 0 Å². The third kappa shape index (κ3) is 6.30. The first-order valence-corrected chi connectivity index (χ1v) is 9.47. The molecule has 0 N–H and O–H groups in total. The Morgan fingerprint density at radius 3 is 1.50 bits per heavy atom. The molecule has 0 heterocycles. The zero-order chi connectivity index (χ0) is 18.7. The summed E-state index contributed by atoms with van der Waals surface area (Å²) in [6.07, 6.45) is -0.260. The lowest BCUT2D eigenvalue weighted by Gasteiger charge is -2.26. The zero-order valence-corrected chi connectivity index (χ0v) is 16.4. The van der Waals surface area contributed by atoms with E-state index in [0.29, 0.717) is 0 Å². The second-order valence-electron chi connectivity index (χ2n) is 7.50. The molecule has 0 amide bonds. The van der Waals surface area contributed by atoms with Crippen LogP contribution in [-0.2, 0) is 28.1 Å². The van der Waals surface area contributed by atoms with Crippen molar-refractivity contribution in [3.8, 4) is 0 Å². The van der Waals surface area contributed by atoms with Crippen molar-refractivity contribution in [1.82, 2.24) is 0 Å². The summed E-state index contributed by atoms with van der Waals surface area (Å²) in [5.41, 5.74) is 1.03. The first kappa shape index (κ1) is 21.3. The van der Waals surface area contributed by atoms with Crippen molar-refractivity contribution in [2.24, 2.45) is 0 Å². The monoisotopic (exact) mass is 366 g/mol. The number of rotatable bonds is 7. The van der Waals surface area contributed by atoms with E-state index in [-0.39, 0.29) is 42.0 Å².